The lowest BCUT2D eigenvalue weighted by Gasteiger charge is -2.44. The van der Waals surface area contributed by atoms with Gasteiger partial charge in [0.15, 0.2) is 0 Å². The SMILES string of the molecule is Cc1cccc(C(N)C2CCOC3(CCOCC3)C2)c1F. The summed E-state index contributed by atoms with van der Waals surface area (Å²) in [6.45, 7) is 4.00. The van der Waals surface area contributed by atoms with Crippen LogP contribution in [0.15, 0.2) is 18.2 Å². The Labute approximate surface area is 125 Å². The van der Waals surface area contributed by atoms with E-state index >= 15 is 0 Å². The number of nitrogens with two attached hydrogens (primary N) is 1. The molecule has 2 fully saturated rings. The molecule has 1 aromatic carbocycles. The molecule has 4 heteroatoms. The minimum atomic E-state index is -0.256. The Balaban J connectivity index is 1.78. The third-order valence-electron chi connectivity index (χ3n) is 5.02. The van der Waals surface area contributed by atoms with Crippen molar-refractivity contribution in [3.8, 4) is 0 Å². The van der Waals surface area contributed by atoms with Crippen LogP contribution in [-0.2, 0) is 9.47 Å². The summed E-state index contributed by atoms with van der Waals surface area (Å²) in [5, 5.41) is 0. The molecular formula is C17H24FNO2. The second-order valence-corrected chi connectivity index (χ2v) is 6.40. The standard InChI is InChI=1S/C17H24FNO2/c1-12-3-2-4-14(15(12)18)16(19)13-5-8-21-17(11-13)6-9-20-10-7-17/h2-4,13,16H,5-11,19H2,1H3. The van der Waals surface area contributed by atoms with Crippen molar-refractivity contribution in [3.05, 3.63) is 35.1 Å². The van der Waals surface area contributed by atoms with Crippen molar-refractivity contribution in [1.82, 2.24) is 0 Å². The molecule has 2 unspecified atom stereocenters. The van der Waals surface area contributed by atoms with E-state index in [1.807, 2.05) is 12.1 Å². The van der Waals surface area contributed by atoms with Gasteiger partial charge in [-0.15, -0.1) is 0 Å². The van der Waals surface area contributed by atoms with Crippen molar-refractivity contribution < 1.29 is 13.9 Å². The Bertz CT molecular complexity index is 494. The Morgan fingerprint density at radius 3 is 2.81 bits per heavy atom. The first-order valence-corrected chi connectivity index (χ1v) is 7.84. The van der Waals surface area contributed by atoms with Gasteiger partial charge in [0.25, 0.3) is 0 Å². The molecule has 2 saturated heterocycles. The second kappa shape index (κ2) is 6.03. The lowest BCUT2D eigenvalue weighted by molar-refractivity contribution is -0.149. The largest absolute Gasteiger partial charge is 0.381 e. The van der Waals surface area contributed by atoms with E-state index in [0.29, 0.717) is 17.7 Å². The van der Waals surface area contributed by atoms with Crippen LogP contribution in [-0.4, -0.2) is 25.4 Å². The molecule has 2 atom stereocenters. The van der Waals surface area contributed by atoms with E-state index in [2.05, 4.69) is 0 Å². The van der Waals surface area contributed by atoms with E-state index in [9.17, 15) is 4.39 Å². The highest BCUT2D eigenvalue weighted by Crippen LogP contribution is 2.41. The molecule has 0 bridgehead atoms. The lowest BCUT2D eigenvalue weighted by atomic mass is 9.76. The summed E-state index contributed by atoms with van der Waals surface area (Å²) in [7, 11) is 0. The van der Waals surface area contributed by atoms with Crippen LogP contribution < -0.4 is 5.73 Å². The minimum Gasteiger partial charge on any atom is -0.381 e. The van der Waals surface area contributed by atoms with E-state index in [1.54, 1.807) is 13.0 Å². The average molecular weight is 293 g/mol. The van der Waals surface area contributed by atoms with Crippen LogP contribution in [0.2, 0.25) is 0 Å². The summed E-state index contributed by atoms with van der Waals surface area (Å²) in [5.41, 5.74) is 7.61. The van der Waals surface area contributed by atoms with Crippen LogP contribution in [0.1, 0.15) is 42.9 Å². The summed E-state index contributed by atoms with van der Waals surface area (Å²) in [6, 6.07) is 5.24. The van der Waals surface area contributed by atoms with Crippen molar-refractivity contribution in [2.24, 2.45) is 11.7 Å². The number of hydrogen-bond donors (Lipinski definition) is 1. The van der Waals surface area contributed by atoms with Crippen molar-refractivity contribution in [2.45, 2.75) is 44.2 Å². The van der Waals surface area contributed by atoms with E-state index in [1.165, 1.54) is 0 Å². The molecule has 0 radical (unpaired) electrons. The summed E-state index contributed by atoms with van der Waals surface area (Å²) in [6.07, 6.45) is 3.65. The molecule has 21 heavy (non-hydrogen) atoms. The predicted octanol–water partition coefficient (Wildman–Crippen LogP) is 3.11. The van der Waals surface area contributed by atoms with Crippen molar-refractivity contribution >= 4 is 0 Å². The fraction of sp³-hybridized carbons (Fsp3) is 0.647. The zero-order chi connectivity index (χ0) is 14.9. The molecular weight excluding hydrogens is 269 g/mol. The summed E-state index contributed by atoms with van der Waals surface area (Å²) in [5.74, 6) is 0.116. The third-order valence-corrected chi connectivity index (χ3v) is 5.02. The van der Waals surface area contributed by atoms with Gasteiger partial charge in [0, 0.05) is 31.4 Å². The first-order valence-electron chi connectivity index (χ1n) is 7.84. The molecule has 2 aliphatic heterocycles. The van der Waals surface area contributed by atoms with Gasteiger partial charge in [-0.25, -0.2) is 4.39 Å². The van der Waals surface area contributed by atoms with Gasteiger partial charge in [-0.2, -0.15) is 0 Å². The second-order valence-electron chi connectivity index (χ2n) is 6.40. The zero-order valence-electron chi connectivity index (χ0n) is 12.6. The quantitative estimate of drug-likeness (QED) is 0.911. The van der Waals surface area contributed by atoms with Crippen molar-refractivity contribution in [3.63, 3.8) is 0 Å². The third kappa shape index (κ3) is 2.98. The predicted molar refractivity (Wildman–Crippen MR) is 79.5 cm³/mol. The topological polar surface area (TPSA) is 44.5 Å². The summed E-state index contributed by atoms with van der Waals surface area (Å²) in [4.78, 5) is 0. The van der Waals surface area contributed by atoms with Gasteiger partial charge in [-0.05, 0) is 44.1 Å². The highest BCUT2D eigenvalue weighted by atomic mass is 19.1. The van der Waals surface area contributed by atoms with Crippen LogP contribution >= 0.6 is 0 Å². The first kappa shape index (κ1) is 14.9. The van der Waals surface area contributed by atoms with Crippen LogP contribution in [0.3, 0.4) is 0 Å². The number of aryl methyl sites for hydroxylation is 1. The average Bonchev–Trinajstić information content (AvgIpc) is 2.50. The van der Waals surface area contributed by atoms with E-state index < -0.39 is 0 Å². The number of hydrogen-bond acceptors (Lipinski definition) is 3. The van der Waals surface area contributed by atoms with Crippen LogP contribution in [0.5, 0.6) is 0 Å². The molecule has 2 N–H and O–H groups in total. The molecule has 2 aliphatic rings. The Morgan fingerprint density at radius 2 is 2.05 bits per heavy atom. The summed E-state index contributed by atoms with van der Waals surface area (Å²) < 4.78 is 25.8. The fourth-order valence-electron chi connectivity index (χ4n) is 3.65. The molecule has 0 aliphatic carbocycles. The Morgan fingerprint density at radius 1 is 1.29 bits per heavy atom. The lowest BCUT2D eigenvalue weighted by Crippen LogP contribution is -2.46. The van der Waals surface area contributed by atoms with Crippen LogP contribution in [0.4, 0.5) is 4.39 Å². The number of ether oxygens (including phenoxy) is 2. The monoisotopic (exact) mass is 293 g/mol. The van der Waals surface area contributed by atoms with Crippen LogP contribution in [0, 0.1) is 18.7 Å². The minimum absolute atomic E-state index is 0.0981. The Kier molecular flexibility index (Phi) is 4.29. The molecule has 3 rings (SSSR count). The number of halogens is 1. The van der Waals surface area contributed by atoms with Crippen molar-refractivity contribution in [1.29, 1.82) is 0 Å². The van der Waals surface area contributed by atoms with Crippen molar-refractivity contribution in [2.75, 3.05) is 19.8 Å². The van der Waals surface area contributed by atoms with Gasteiger partial charge in [0.05, 0.1) is 5.60 Å². The van der Waals surface area contributed by atoms with E-state index in [-0.39, 0.29) is 23.4 Å². The Hall–Kier alpha value is -0.970. The highest BCUT2D eigenvalue weighted by molar-refractivity contribution is 5.28. The molecule has 0 aromatic heterocycles. The van der Waals surface area contributed by atoms with Gasteiger partial charge in [0.2, 0.25) is 0 Å². The molecule has 0 saturated carbocycles. The highest BCUT2D eigenvalue weighted by Gasteiger charge is 2.41. The van der Waals surface area contributed by atoms with Gasteiger partial charge in [-0.1, -0.05) is 18.2 Å². The van der Waals surface area contributed by atoms with Gasteiger partial charge >= 0.3 is 0 Å². The normalized spacial score (nSPS) is 26.7. The van der Waals surface area contributed by atoms with E-state index in [0.717, 1.165) is 38.9 Å². The van der Waals surface area contributed by atoms with Gasteiger partial charge in [-0.3, -0.25) is 0 Å². The molecule has 3 nitrogen and oxygen atoms in total. The maximum atomic E-state index is 14.3. The number of benzene rings is 1. The molecule has 116 valence electrons. The zero-order valence-corrected chi connectivity index (χ0v) is 12.6. The molecule has 1 spiro atoms. The van der Waals surface area contributed by atoms with Gasteiger partial charge < -0.3 is 15.2 Å². The maximum Gasteiger partial charge on any atom is 0.130 e. The summed E-state index contributed by atoms with van der Waals surface area (Å²) >= 11 is 0. The maximum absolute atomic E-state index is 14.3. The molecule has 1 aromatic rings. The van der Waals surface area contributed by atoms with E-state index in [4.69, 9.17) is 15.2 Å². The first-order chi connectivity index (χ1) is 10.1. The molecule has 0 amide bonds. The van der Waals surface area contributed by atoms with Crippen LogP contribution in [0.25, 0.3) is 0 Å². The fourth-order valence-corrected chi connectivity index (χ4v) is 3.65. The number of rotatable bonds is 2. The smallest absolute Gasteiger partial charge is 0.130 e. The molecule has 2 heterocycles. The van der Waals surface area contributed by atoms with Gasteiger partial charge in [0.1, 0.15) is 5.82 Å².